The van der Waals surface area contributed by atoms with Gasteiger partial charge >= 0.3 is 0 Å². The summed E-state index contributed by atoms with van der Waals surface area (Å²) in [6, 6.07) is 12.9. The Morgan fingerprint density at radius 1 is 1.00 bits per heavy atom. The van der Waals surface area contributed by atoms with Gasteiger partial charge in [0.05, 0.1) is 6.10 Å². The van der Waals surface area contributed by atoms with Gasteiger partial charge in [0.15, 0.2) is 0 Å². The van der Waals surface area contributed by atoms with E-state index in [9.17, 15) is 5.11 Å². The van der Waals surface area contributed by atoms with Crippen molar-refractivity contribution in [3.05, 3.63) is 68.1 Å². The normalized spacial score (nSPS) is 12.4. The minimum Gasteiger partial charge on any atom is -0.388 e. The Labute approximate surface area is 124 Å². The molecular formula is C14H11BrCl2O. The smallest absolute Gasteiger partial charge is 0.0831 e. The third kappa shape index (κ3) is 3.27. The number of aliphatic hydroxyl groups excluding tert-OH is 1. The van der Waals surface area contributed by atoms with Gasteiger partial charge in [0.25, 0.3) is 0 Å². The molecule has 0 aliphatic rings. The number of halogens is 3. The maximum atomic E-state index is 10.2. The van der Waals surface area contributed by atoms with Gasteiger partial charge in [-0.05, 0) is 35.4 Å². The lowest BCUT2D eigenvalue weighted by Gasteiger charge is -2.13. The van der Waals surface area contributed by atoms with Gasteiger partial charge in [0.2, 0.25) is 0 Å². The number of aliphatic hydroxyl groups is 1. The third-order valence-corrected chi connectivity index (χ3v) is 3.95. The highest BCUT2D eigenvalue weighted by atomic mass is 79.9. The van der Waals surface area contributed by atoms with E-state index in [4.69, 9.17) is 23.2 Å². The molecule has 1 atom stereocenters. The summed E-state index contributed by atoms with van der Waals surface area (Å²) in [4.78, 5) is 0. The average Bonchev–Trinajstić information content (AvgIpc) is 2.34. The quantitative estimate of drug-likeness (QED) is 0.826. The van der Waals surface area contributed by atoms with Crippen LogP contribution in [0, 0.1) is 0 Å². The summed E-state index contributed by atoms with van der Waals surface area (Å²) in [5.74, 6) is 0. The number of benzene rings is 2. The van der Waals surface area contributed by atoms with E-state index < -0.39 is 6.10 Å². The fourth-order valence-electron chi connectivity index (χ4n) is 1.72. The highest BCUT2D eigenvalue weighted by Gasteiger charge is 2.13. The second-order valence-corrected chi connectivity index (χ2v) is 5.70. The molecule has 94 valence electrons. The highest BCUT2D eigenvalue weighted by molar-refractivity contribution is 9.10. The maximum Gasteiger partial charge on any atom is 0.0831 e. The van der Waals surface area contributed by atoms with Crippen LogP contribution in [0.1, 0.15) is 17.2 Å². The van der Waals surface area contributed by atoms with Gasteiger partial charge in [-0.15, -0.1) is 0 Å². The van der Waals surface area contributed by atoms with Gasteiger partial charge in [-0.25, -0.2) is 0 Å². The van der Waals surface area contributed by atoms with E-state index in [1.165, 1.54) is 0 Å². The summed E-state index contributed by atoms with van der Waals surface area (Å²) in [7, 11) is 0. The zero-order chi connectivity index (χ0) is 13.1. The molecule has 18 heavy (non-hydrogen) atoms. The molecule has 1 N–H and O–H groups in total. The molecule has 0 bridgehead atoms. The summed E-state index contributed by atoms with van der Waals surface area (Å²) < 4.78 is 0.981. The van der Waals surface area contributed by atoms with Crippen LogP contribution >= 0.6 is 39.1 Å². The Bertz CT molecular complexity index is 520. The van der Waals surface area contributed by atoms with Crippen LogP contribution < -0.4 is 0 Å². The topological polar surface area (TPSA) is 20.2 Å². The van der Waals surface area contributed by atoms with Gasteiger partial charge in [0.1, 0.15) is 0 Å². The first-order valence-corrected chi connectivity index (χ1v) is 6.99. The largest absolute Gasteiger partial charge is 0.388 e. The van der Waals surface area contributed by atoms with Gasteiger partial charge in [-0.2, -0.15) is 0 Å². The highest BCUT2D eigenvalue weighted by Crippen LogP contribution is 2.29. The van der Waals surface area contributed by atoms with Crippen LogP contribution in [0.5, 0.6) is 0 Å². The van der Waals surface area contributed by atoms with E-state index in [0.717, 1.165) is 15.6 Å². The molecule has 2 aromatic rings. The predicted octanol–water partition coefficient (Wildman–Crippen LogP) is 5.03. The first kappa shape index (κ1) is 13.9. The molecule has 2 rings (SSSR count). The third-order valence-electron chi connectivity index (χ3n) is 2.71. The first-order chi connectivity index (χ1) is 8.58. The average molecular weight is 346 g/mol. The van der Waals surface area contributed by atoms with Crippen LogP contribution in [-0.2, 0) is 6.42 Å². The zero-order valence-corrected chi connectivity index (χ0v) is 12.5. The summed E-state index contributed by atoms with van der Waals surface area (Å²) >= 11 is 15.5. The van der Waals surface area contributed by atoms with Gasteiger partial charge in [-0.3, -0.25) is 0 Å². The monoisotopic (exact) mass is 344 g/mol. The first-order valence-electron chi connectivity index (χ1n) is 5.44. The molecular weight excluding hydrogens is 335 g/mol. The van der Waals surface area contributed by atoms with E-state index in [2.05, 4.69) is 15.9 Å². The standard InChI is InChI=1S/C14H11BrCl2O/c15-10-6-4-9(5-7-10)14(18)8-11-12(16)2-1-3-13(11)17/h1-7,14,18H,8H2. The molecule has 0 saturated heterocycles. The van der Waals surface area contributed by atoms with Crippen molar-refractivity contribution in [3.63, 3.8) is 0 Å². The molecule has 0 aromatic heterocycles. The van der Waals surface area contributed by atoms with E-state index in [1.54, 1.807) is 18.2 Å². The van der Waals surface area contributed by atoms with Crippen LogP contribution in [0.3, 0.4) is 0 Å². The summed E-state index contributed by atoms with van der Waals surface area (Å²) in [5.41, 5.74) is 1.62. The van der Waals surface area contributed by atoms with E-state index in [0.29, 0.717) is 16.5 Å². The Morgan fingerprint density at radius 2 is 1.56 bits per heavy atom. The van der Waals surface area contributed by atoms with Crippen LogP contribution in [0.15, 0.2) is 46.9 Å². The molecule has 0 radical (unpaired) electrons. The SMILES string of the molecule is OC(Cc1c(Cl)cccc1Cl)c1ccc(Br)cc1. The zero-order valence-electron chi connectivity index (χ0n) is 9.41. The minimum atomic E-state index is -0.615. The molecule has 0 aliphatic carbocycles. The molecule has 4 heteroatoms. The number of rotatable bonds is 3. The van der Waals surface area contributed by atoms with E-state index in [1.807, 2.05) is 24.3 Å². The van der Waals surface area contributed by atoms with Gasteiger partial charge < -0.3 is 5.11 Å². The van der Waals surface area contributed by atoms with Crippen LogP contribution in [0.25, 0.3) is 0 Å². The summed E-state index contributed by atoms with van der Waals surface area (Å²) in [6.07, 6.45) is -0.212. The van der Waals surface area contributed by atoms with Crippen molar-refractivity contribution in [1.29, 1.82) is 0 Å². The molecule has 0 saturated carbocycles. The van der Waals surface area contributed by atoms with Crippen molar-refractivity contribution >= 4 is 39.1 Å². The maximum absolute atomic E-state index is 10.2. The molecule has 0 amide bonds. The van der Waals surface area contributed by atoms with Crippen molar-refractivity contribution in [1.82, 2.24) is 0 Å². The molecule has 1 nitrogen and oxygen atoms in total. The van der Waals surface area contributed by atoms with Crippen LogP contribution in [-0.4, -0.2) is 5.11 Å². The Balaban J connectivity index is 2.21. The second kappa shape index (κ2) is 6.07. The lowest BCUT2D eigenvalue weighted by Crippen LogP contribution is -2.02. The Hall–Kier alpha value is -0.540. The van der Waals surface area contributed by atoms with Gasteiger partial charge in [-0.1, -0.05) is 57.3 Å². The van der Waals surface area contributed by atoms with E-state index >= 15 is 0 Å². The van der Waals surface area contributed by atoms with Crippen molar-refractivity contribution < 1.29 is 5.11 Å². The predicted molar refractivity (Wildman–Crippen MR) is 79.3 cm³/mol. The van der Waals surface area contributed by atoms with Crippen molar-refractivity contribution in [2.24, 2.45) is 0 Å². The summed E-state index contributed by atoms with van der Waals surface area (Å²) in [5, 5.41) is 11.3. The number of hydrogen-bond donors (Lipinski definition) is 1. The lowest BCUT2D eigenvalue weighted by molar-refractivity contribution is 0.178. The fourth-order valence-corrected chi connectivity index (χ4v) is 2.54. The lowest BCUT2D eigenvalue weighted by atomic mass is 10.0. The Kier molecular flexibility index (Phi) is 4.68. The fraction of sp³-hybridized carbons (Fsp3) is 0.143. The van der Waals surface area contributed by atoms with Crippen molar-refractivity contribution in [2.75, 3.05) is 0 Å². The Morgan fingerprint density at radius 3 is 2.11 bits per heavy atom. The van der Waals surface area contributed by atoms with Crippen molar-refractivity contribution in [3.8, 4) is 0 Å². The minimum absolute atomic E-state index is 0.403. The van der Waals surface area contributed by atoms with Crippen LogP contribution in [0.4, 0.5) is 0 Å². The molecule has 0 aliphatic heterocycles. The van der Waals surface area contributed by atoms with Crippen molar-refractivity contribution in [2.45, 2.75) is 12.5 Å². The van der Waals surface area contributed by atoms with E-state index in [-0.39, 0.29) is 0 Å². The van der Waals surface area contributed by atoms with Gasteiger partial charge in [0, 0.05) is 20.9 Å². The summed E-state index contributed by atoms with van der Waals surface area (Å²) in [6.45, 7) is 0. The molecule has 0 fully saturated rings. The molecule has 0 heterocycles. The van der Waals surface area contributed by atoms with Crippen LogP contribution in [0.2, 0.25) is 10.0 Å². The number of hydrogen-bond acceptors (Lipinski definition) is 1. The second-order valence-electron chi connectivity index (χ2n) is 3.97. The molecule has 0 spiro atoms. The molecule has 2 aromatic carbocycles. The molecule has 1 unspecified atom stereocenters.